The molecule has 2 N–H and O–H groups in total. The fraction of sp³-hybridized carbons (Fsp3) is 0.917. The van der Waals surface area contributed by atoms with Gasteiger partial charge in [-0.2, -0.15) is 0 Å². The van der Waals surface area contributed by atoms with Gasteiger partial charge in [0, 0.05) is 26.4 Å². The maximum absolute atomic E-state index is 10.9. The number of carboxylic acids is 1. The van der Waals surface area contributed by atoms with Crippen LogP contribution in [0.2, 0.25) is 0 Å². The first kappa shape index (κ1) is 15.4. The van der Waals surface area contributed by atoms with Gasteiger partial charge in [0.1, 0.15) is 6.04 Å². The molecule has 1 aliphatic rings. The van der Waals surface area contributed by atoms with Crippen molar-refractivity contribution in [2.45, 2.75) is 31.3 Å². The van der Waals surface area contributed by atoms with E-state index in [0.29, 0.717) is 32.5 Å². The molecule has 1 rings (SSSR count). The molecule has 0 saturated heterocycles. The van der Waals surface area contributed by atoms with E-state index in [4.69, 9.17) is 19.3 Å². The van der Waals surface area contributed by atoms with Crippen molar-refractivity contribution >= 4 is 5.97 Å². The van der Waals surface area contributed by atoms with Crippen LogP contribution in [0.5, 0.6) is 0 Å². The van der Waals surface area contributed by atoms with E-state index in [1.54, 1.807) is 7.11 Å². The highest BCUT2D eigenvalue weighted by Gasteiger charge is 2.28. The molecular formula is C12H23NO5. The standard InChI is InChI=1S/C12H23NO5/c1-16-7-8-17-5-2-6-18-9-11(12(14)15)13-10-3-4-10/h10-11,13H,2-9H2,1H3,(H,14,15). The molecule has 0 aliphatic heterocycles. The van der Waals surface area contributed by atoms with Crippen molar-refractivity contribution in [1.29, 1.82) is 0 Å². The fourth-order valence-corrected chi connectivity index (χ4v) is 1.43. The monoisotopic (exact) mass is 261 g/mol. The Morgan fingerprint density at radius 2 is 2.00 bits per heavy atom. The van der Waals surface area contributed by atoms with Gasteiger partial charge in [0.25, 0.3) is 0 Å². The minimum Gasteiger partial charge on any atom is -0.480 e. The molecule has 1 unspecified atom stereocenters. The second-order valence-electron chi connectivity index (χ2n) is 4.37. The summed E-state index contributed by atoms with van der Waals surface area (Å²) < 4.78 is 15.4. The zero-order valence-corrected chi connectivity index (χ0v) is 10.9. The molecule has 1 fully saturated rings. The molecule has 0 bridgehead atoms. The summed E-state index contributed by atoms with van der Waals surface area (Å²) in [6, 6.07) is -0.223. The minimum absolute atomic E-state index is 0.212. The van der Waals surface area contributed by atoms with Gasteiger partial charge >= 0.3 is 5.97 Å². The maximum atomic E-state index is 10.9. The lowest BCUT2D eigenvalue weighted by atomic mass is 10.3. The van der Waals surface area contributed by atoms with Crippen LogP contribution < -0.4 is 5.32 Å². The summed E-state index contributed by atoms with van der Waals surface area (Å²) in [7, 11) is 1.63. The van der Waals surface area contributed by atoms with Crippen LogP contribution in [0, 0.1) is 0 Å². The van der Waals surface area contributed by atoms with Gasteiger partial charge in [-0.3, -0.25) is 10.1 Å². The Morgan fingerprint density at radius 1 is 1.28 bits per heavy atom. The molecule has 18 heavy (non-hydrogen) atoms. The molecule has 1 saturated carbocycles. The van der Waals surface area contributed by atoms with E-state index >= 15 is 0 Å². The van der Waals surface area contributed by atoms with Gasteiger partial charge in [-0.15, -0.1) is 0 Å². The van der Waals surface area contributed by atoms with Crippen molar-refractivity contribution in [1.82, 2.24) is 5.32 Å². The number of hydrogen-bond donors (Lipinski definition) is 2. The van der Waals surface area contributed by atoms with E-state index in [2.05, 4.69) is 5.32 Å². The van der Waals surface area contributed by atoms with E-state index in [1.165, 1.54) is 0 Å². The zero-order chi connectivity index (χ0) is 13.2. The summed E-state index contributed by atoms with van der Waals surface area (Å²) in [6.45, 7) is 2.51. The molecule has 1 aliphatic carbocycles. The molecule has 0 amide bonds. The minimum atomic E-state index is -0.849. The Balaban J connectivity index is 1.92. The Labute approximate surface area is 108 Å². The largest absolute Gasteiger partial charge is 0.480 e. The Kier molecular flexibility index (Phi) is 7.91. The Hall–Kier alpha value is -0.690. The van der Waals surface area contributed by atoms with Gasteiger partial charge in [-0.1, -0.05) is 0 Å². The van der Waals surface area contributed by atoms with Crippen LogP contribution >= 0.6 is 0 Å². The number of carbonyl (C=O) groups is 1. The van der Waals surface area contributed by atoms with Gasteiger partial charge in [0.05, 0.1) is 19.8 Å². The van der Waals surface area contributed by atoms with E-state index in [-0.39, 0.29) is 6.61 Å². The molecule has 0 radical (unpaired) electrons. The van der Waals surface area contributed by atoms with E-state index in [9.17, 15) is 4.79 Å². The highest BCUT2D eigenvalue weighted by atomic mass is 16.5. The van der Waals surface area contributed by atoms with Crippen LogP contribution in [-0.4, -0.2) is 63.3 Å². The molecule has 0 aromatic carbocycles. The van der Waals surface area contributed by atoms with Crippen molar-refractivity contribution in [3.63, 3.8) is 0 Å². The summed E-state index contributed by atoms with van der Waals surface area (Å²) in [6.07, 6.45) is 2.90. The van der Waals surface area contributed by atoms with Crippen LogP contribution in [0.4, 0.5) is 0 Å². The molecule has 0 aromatic heterocycles. The number of methoxy groups -OCH3 is 1. The van der Waals surface area contributed by atoms with Crippen molar-refractivity contribution in [2.24, 2.45) is 0 Å². The first-order chi connectivity index (χ1) is 8.74. The number of ether oxygens (including phenoxy) is 3. The van der Waals surface area contributed by atoms with Gasteiger partial charge in [-0.25, -0.2) is 0 Å². The first-order valence-corrected chi connectivity index (χ1v) is 6.37. The number of rotatable bonds is 12. The molecule has 0 aromatic rings. The van der Waals surface area contributed by atoms with Gasteiger partial charge in [0.15, 0.2) is 0 Å². The first-order valence-electron chi connectivity index (χ1n) is 6.37. The SMILES string of the molecule is COCCOCCCOCC(NC1CC1)C(=O)O. The Morgan fingerprint density at radius 3 is 2.61 bits per heavy atom. The smallest absolute Gasteiger partial charge is 0.323 e. The molecule has 106 valence electrons. The van der Waals surface area contributed by atoms with Crippen LogP contribution in [0.25, 0.3) is 0 Å². The average Bonchev–Trinajstić information content (AvgIpc) is 3.14. The molecule has 1 atom stereocenters. The highest BCUT2D eigenvalue weighted by Crippen LogP contribution is 2.19. The van der Waals surface area contributed by atoms with Crippen molar-refractivity contribution in [3.8, 4) is 0 Å². The van der Waals surface area contributed by atoms with Crippen LogP contribution in [-0.2, 0) is 19.0 Å². The van der Waals surface area contributed by atoms with Crippen molar-refractivity contribution < 1.29 is 24.1 Å². The predicted molar refractivity (Wildman–Crippen MR) is 65.7 cm³/mol. The summed E-state index contributed by atoms with van der Waals surface area (Å²) in [5, 5.41) is 12.0. The average molecular weight is 261 g/mol. The van der Waals surface area contributed by atoms with E-state index in [1.807, 2.05) is 0 Å². The summed E-state index contributed by atoms with van der Waals surface area (Å²) in [5.41, 5.74) is 0. The van der Waals surface area contributed by atoms with Crippen molar-refractivity contribution in [3.05, 3.63) is 0 Å². The lowest BCUT2D eigenvalue weighted by Crippen LogP contribution is -2.41. The normalized spacial score (nSPS) is 16.7. The fourth-order valence-electron chi connectivity index (χ4n) is 1.43. The van der Waals surface area contributed by atoms with Gasteiger partial charge < -0.3 is 19.3 Å². The summed E-state index contributed by atoms with van der Waals surface area (Å²) >= 11 is 0. The maximum Gasteiger partial charge on any atom is 0.323 e. The lowest BCUT2D eigenvalue weighted by molar-refractivity contribution is -0.141. The van der Waals surface area contributed by atoms with Crippen molar-refractivity contribution in [2.75, 3.05) is 40.1 Å². The predicted octanol–water partition coefficient (Wildman–Crippen LogP) is 0.261. The quantitative estimate of drug-likeness (QED) is 0.491. The van der Waals surface area contributed by atoms with E-state index in [0.717, 1.165) is 19.3 Å². The van der Waals surface area contributed by atoms with Crippen LogP contribution in [0.15, 0.2) is 0 Å². The second-order valence-corrected chi connectivity index (χ2v) is 4.37. The number of hydrogen-bond acceptors (Lipinski definition) is 5. The van der Waals surface area contributed by atoms with Gasteiger partial charge in [-0.05, 0) is 19.3 Å². The molecule has 0 heterocycles. The number of carboxylic acid groups (broad SMARTS) is 1. The molecule has 0 spiro atoms. The summed E-state index contributed by atoms with van der Waals surface area (Å²) in [5.74, 6) is -0.849. The Bertz CT molecular complexity index is 233. The van der Waals surface area contributed by atoms with Crippen LogP contribution in [0.1, 0.15) is 19.3 Å². The molecule has 6 heteroatoms. The molecule has 6 nitrogen and oxygen atoms in total. The third-order valence-corrected chi connectivity index (χ3v) is 2.61. The summed E-state index contributed by atoms with van der Waals surface area (Å²) in [4.78, 5) is 10.9. The highest BCUT2D eigenvalue weighted by molar-refractivity contribution is 5.73. The van der Waals surface area contributed by atoms with E-state index < -0.39 is 12.0 Å². The molecular weight excluding hydrogens is 238 g/mol. The van der Waals surface area contributed by atoms with Gasteiger partial charge in [0.2, 0.25) is 0 Å². The zero-order valence-electron chi connectivity index (χ0n) is 10.9. The van der Waals surface area contributed by atoms with Crippen LogP contribution in [0.3, 0.4) is 0 Å². The lowest BCUT2D eigenvalue weighted by Gasteiger charge is -2.14. The number of aliphatic carboxylic acids is 1. The third kappa shape index (κ3) is 7.60. The third-order valence-electron chi connectivity index (χ3n) is 2.61. The second kappa shape index (κ2) is 9.27. The number of nitrogens with one attached hydrogen (secondary N) is 1. The topological polar surface area (TPSA) is 77.0 Å².